The maximum atomic E-state index is 12.5. The van der Waals surface area contributed by atoms with Crippen LogP contribution >= 0.6 is 11.3 Å². The maximum absolute atomic E-state index is 12.5. The van der Waals surface area contributed by atoms with E-state index in [0.29, 0.717) is 16.5 Å². The first-order valence-corrected chi connectivity index (χ1v) is 9.43. The van der Waals surface area contributed by atoms with E-state index in [0.717, 1.165) is 29.7 Å². The Morgan fingerprint density at radius 2 is 2.08 bits per heavy atom. The predicted octanol–water partition coefficient (Wildman–Crippen LogP) is 3.73. The Kier molecular flexibility index (Phi) is 5.09. The Morgan fingerprint density at radius 1 is 1.31 bits per heavy atom. The van der Waals surface area contributed by atoms with Crippen LogP contribution in [0.3, 0.4) is 0 Å². The smallest absolute Gasteiger partial charge is 0.341 e. The SMILES string of the molecule is COC(=O)c1c(NC(=O)c2cnccn2)sc2c1CCC(C(C)(C)C)C2. The highest BCUT2D eigenvalue weighted by molar-refractivity contribution is 7.17. The number of anilines is 1. The fraction of sp³-hybridized carbons (Fsp3) is 0.474. The highest BCUT2D eigenvalue weighted by atomic mass is 32.1. The number of hydrogen-bond acceptors (Lipinski definition) is 6. The molecule has 0 bridgehead atoms. The highest BCUT2D eigenvalue weighted by Crippen LogP contribution is 2.44. The van der Waals surface area contributed by atoms with Crippen LogP contribution < -0.4 is 5.32 Å². The minimum absolute atomic E-state index is 0.205. The number of carbonyl (C=O) groups is 2. The average Bonchev–Trinajstić information content (AvgIpc) is 2.98. The van der Waals surface area contributed by atoms with Crippen LogP contribution in [0.1, 0.15) is 58.5 Å². The summed E-state index contributed by atoms with van der Waals surface area (Å²) in [4.78, 5) is 33.9. The van der Waals surface area contributed by atoms with Crippen molar-refractivity contribution in [3.63, 3.8) is 0 Å². The number of aromatic nitrogens is 2. The van der Waals surface area contributed by atoms with E-state index in [1.807, 2.05) is 0 Å². The van der Waals surface area contributed by atoms with Gasteiger partial charge in [0.1, 0.15) is 10.7 Å². The van der Waals surface area contributed by atoms with Crippen LogP contribution in [-0.4, -0.2) is 29.0 Å². The van der Waals surface area contributed by atoms with Crippen LogP contribution in [0.4, 0.5) is 5.00 Å². The summed E-state index contributed by atoms with van der Waals surface area (Å²) in [6.07, 6.45) is 7.12. The van der Waals surface area contributed by atoms with Gasteiger partial charge in [-0.3, -0.25) is 9.78 Å². The molecular formula is C19H23N3O3S. The summed E-state index contributed by atoms with van der Waals surface area (Å²) in [5.74, 6) is -0.247. The molecule has 6 nitrogen and oxygen atoms in total. The van der Waals surface area contributed by atoms with Gasteiger partial charge >= 0.3 is 5.97 Å². The van der Waals surface area contributed by atoms with Gasteiger partial charge in [-0.25, -0.2) is 9.78 Å². The van der Waals surface area contributed by atoms with Crippen molar-refractivity contribution in [2.75, 3.05) is 12.4 Å². The molecule has 26 heavy (non-hydrogen) atoms. The summed E-state index contributed by atoms with van der Waals surface area (Å²) in [7, 11) is 1.36. The second-order valence-electron chi connectivity index (χ2n) is 7.55. The topological polar surface area (TPSA) is 81.2 Å². The molecule has 0 fully saturated rings. The molecule has 1 N–H and O–H groups in total. The minimum Gasteiger partial charge on any atom is -0.465 e. The van der Waals surface area contributed by atoms with E-state index in [9.17, 15) is 9.59 Å². The summed E-state index contributed by atoms with van der Waals surface area (Å²) in [5.41, 5.74) is 1.91. The van der Waals surface area contributed by atoms with E-state index in [1.54, 1.807) is 0 Å². The predicted molar refractivity (Wildman–Crippen MR) is 101 cm³/mol. The lowest BCUT2D eigenvalue weighted by molar-refractivity contribution is 0.0600. The molecule has 2 aromatic heterocycles. The van der Waals surface area contributed by atoms with Crippen LogP contribution in [0, 0.1) is 11.3 Å². The zero-order valence-corrected chi connectivity index (χ0v) is 16.3. The van der Waals surface area contributed by atoms with Gasteiger partial charge in [0.15, 0.2) is 0 Å². The third-order valence-electron chi connectivity index (χ3n) is 4.90. The monoisotopic (exact) mass is 373 g/mol. The molecule has 0 spiro atoms. The van der Waals surface area contributed by atoms with E-state index < -0.39 is 5.97 Å². The minimum atomic E-state index is -0.411. The van der Waals surface area contributed by atoms with E-state index in [4.69, 9.17) is 4.74 Å². The van der Waals surface area contributed by atoms with Gasteiger partial charge in [0.25, 0.3) is 5.91 Å². The molecule has 0 saturated carbocycles. The van der Waals surface area contributed by atoms with Crippen LogP contribution in [0.5, 0.6) is 0 Å². The van der Waals surface area contributed by atoms with Gasteiger partial charge in [-0.2, -0.15) is 0 Å². The van der Waals surface area contributed by atoms with Gasteiger partial charge in [-0.05, 0) is 36.2 Å². The number of nitrogens with zero attached hydrogens (tertiary/aromatic N) is 2. The number of fused-ring (bicyclic) bond motifs is 1. The molecule has 3 rings (SSSR count). The summed E-state index contributed by atoms with van der Waals surface area (Å²) in [6, 6.07) is 0. The van der Waals surface area contributed by atoms with Crippen LogP contribution in [-0.2, 0) is 17.6 Å². The van der Waals surface area contributed by atoms with Gasteiger partial charge in [-0.1, -0.05) is 20.8 Å². The van der Waals surface area contributed by atoms with Gasteiger partial charge in [-0.15, -0.1) is 11.3 Å². The first-order chi connectivity index (χ1) is 12.3. The van der Waals surface area contributed by atoms with Crippen molar-refractivity contribution in [3.8, 4) is 0 Å². The lowest BCUT2D eigenvalue weighted by atomic mass is 9.72. The molecule has 1 amide bonds. The van der Waals surface area contributed by atoms with E-state index in [1.165, 1.54) is 37.0 Å². The number of ether oxygens (including phenoxy) is 1. The second kappa shape index (κ2) is 7.15. The number of nitrogens with one attached hydrogen (secondary N) is 1. The number of methoxy groups -OCH3 is 1. The quantitative estimate of drug-likeness (QED) is 0.829. The molecule has 1 atom stereocenters. The second-order valence-corrected chi connectivity index (χ2v) is 8.66. The van der Waals surface area contributed by atoms with E-state index >= 15 is 0 Å². The number of thiophene rings is 1. The van der Waals surface area contributed by atoms with Crippen molar-refractivity contribution in [2.45, 2.75) is 40.0 Å². The standard InChI is InChI=1S/C19H23N3O3S/c1-19(2,3)11-5-6-12-14(9-11)26-17(15(12)18(24)25-4)22-16(23)13-10-20-7-8-21-13/h7-8,10-11H,5-6,9H2,1-4H3,(H,22,23). The molecule has 1 aliphatic carbocycles. The van der Waals surface area contributed by atoms with Crippen LogP contribution in [0.15, 0.2) is 18.6 Å². The van der Waals surface area contributed by atoms with Crippen molar-refractivity contribution in [2.24, 2.45) is 11.3 Å². The summed E-state index contributed by atoms with van der Waals surface area (Å²) in [5, 5.41) is 3.36. The van der Waals surface area contributed by atoms with Crippen molar-refractivity contribution in [1.29, 1.82) is 0 Å². The third kappa shape index (κ3) is 3.62. The number of esters is 1. The molecule has 2 aromatic rings. The van der Waals surface area contributed by atoms with Gasteiger partial charge < -0.3 is 10.1 Å². The van der Waals surface area contributed by atoms with Crippen molar-refractivity contribution in [3.05, 3.63) is 40.3 Å². The molecule has 2 heterocycles. The Bertz CT molecular complexity index is 825. The Labute approximate surface area is 157 Å². The van der Waals surface area contributed by atoms with Gasteiger partial charge in [0, 0.05) is 17.3 Å². The lowest BCUT2D eigenvalue weighted by Crippen LogP contribution is -2.26. The lowest BCUT2D eigenvalue weighted by Gasteiger charge is -2.33. The van der Waals surface area contributed by atoms with Gasteiger partial charge in [0.2, 0.25) is 0 Å². The third-order valence-corrected chi connectivity index (χ3v) is 6.07. The molecule has 7 heteroatoms. The first kappa shape index (κ1) is 18.5. The zero-order valence-electron chi connectivity index (χ0n) is 15.5. The van der Waals surface area contributed by atoms with Crippen LogP contribution in [0.2, 0.25) is 0 Å². The van der Waals surface area contributed by atoms with E-state index in [-0.39, 0.29) is 17.0 Å². The highest BCUT2D eigenvalue weighted by Gasteiger charge is 2.34. The molecule has 1 unspecified atom stereocenters. The molecular weight excluding hydrogens is 350 g/mol. The Balaban J connectivity index is 1.94. The normalized spacial score (nSPS) is 16.7. The number of amides is 1. The molecule has 0 saturated heterocycles. The van der Waals surface area contributed by atoms with Crippen molar-refractivity contribution >= 4 is 28.2 Å². The fourth-order valence-corrected chi connectivity index (χ4v) is 4.63. The first-order valence-electron chi connectivity index (χ1n) is 8.61. The number of carbonyl (C=O) groups excluding carboxylic acids is 2. The summed E-state index contributed by atoms with van der Waals surface area (Å²) < 4.78 is 4.97. The van der Waals surface area contributed by atoms with Gasteiger partial charge in [0.05, 0.1) is 18.9 Å². The number of rotatable bonds is 3. The summed E-state index contributed by atoms with van der Waals surface area (Å²) in [6.45, 7) is 6.73. The number of hydrogen-bond donors (Lipinski definition) is 1. The molecule has 138 valence electrons. The summed E-state index contributed by atoms with van der Waals surface area (Å²) >= 11 is 1.47. The van der Waals surface area contributed by atoms with E-state index in [2.05, 4.69) is 36.1 Å². The molecule has 0 aliphatic heterocycles. The molecule has 0 radical (unpaired) electrons. The maximum Gasteiger partial charge on any atom is 0.341 e. The largest absolute Gasteiger partial charge is 0.465 e. The van der Waals surface area contributed by atoms with Crippen molar-refractivity contribution < 1.29 is 14.3 Å². The zero-order chi connectivity index (χ0) is 18.9. The Morgan fingerprint density at radius 3 is 2.69 bits per heavy atom. The Hall–Kier alpha value is -2.28. The molecule has 1 aliphatic rings. The van der Waals surface area contributed by atoms with Crippen molar-refractivity contribution in [1.82, 2.24) is 9.97 Å². The fourth-order valence-electron chi connectivity index (χ4n) is 3.31. The average molecular weight is 373 g/mol. The molecule has 0 aromatic carbocycles. The van der Waals surface area contributed by atoms with Crippen LogP contribution in [0.25, 0.3) is 0 Å².